The molecule has 0 aliphatic carbocycles. The van der Waals surface area contributed by atoms with Crippen LogP contribution in [0, 0.1) is 0 Å². The second-order valence-electron chi connectivity index (χ2n) is 6.90. The molecule has 0 fully saturated rings. The van der Waals surface area contributed by atoms with Gasteiger partial charge in [-0.05, 0) is 36.4 Å². The number of aromatic amines is 1. The van der Waals surface area contributed by atoms with Crippen LogP contribution in [0.4, 0.5) is 5.69 Å². The molecule has 3 aromatic carbocycles. The van der Waals surface area contributed by atoms with Crippen molar-refractivity contribution in [2.45, 2.75) is 6.54 Å². The summed E-state index contributed by atoms with van der Waals surface area (Å²) >= 11 is 0. The molecule has 1 N–H and O–H groups in total. The van der Waals surface area contributed by atoms with Gasteiger partial charge in [-0.25, -0.2) is 9.97 Å². The number of rotatable bonds is 4. The summed E-state index contributed by atoms with van der Waals surface area (Å²) in [5.74, 6) is 1.27. The fraction of sp³-hybridized carbons (Fsp3) is 0.0870. The molecule has 6 heteroatoms. The SMILES string of the molecule is CN(C(=O)Cn1c(-c2nc3ccccc3[nH]2)nc2ccccc21)c1ccccc1. The van der Waals surface area contributed by atoms with Crippen molar-refractivity contribution >= 4 is 33.7 Å². The Labute approximate surface area is 167 Å². The lowest BCUT2D eigenvalue weighted by Crippen LogP contribution is -2.30. The lowest BCUT2D eigenvalue weighted by molar-refractivity contribution is -0.118. The van der Waals surface area contributed by atoms with E-state index in [1.807, 2.05) is 83.4 Å². The van der Waals surface area contributed by atoms with Gasteiger partial charge in [0.25, 0.3) is 0 Å². The second-order valence-corrected chi connectivity index (χ2v) is 6.90. The van der Waals surface area contributed by atoms with E-state index in [4.69, 9.17) is 4.98 Å². The van der Waals surface area contributed by atoms with Crippen molar-refractivity contribution < 1.29 is 4.79 Å². The van der Waals surface area contributed by atoms with Crippen molar-refractivity contribution in [1.29, 1.82) is 0 Å². The number of aromatic nitrogens is 4. The Morgan fingerprint density at radius 1 is 0.897 bits per heavy atom. The lowest BCUT2D eigenvalue weighted by Gasteiger charge is -2.18. The van der Waals surface area contributed by atoms with Gasteiger partial charge in [0.1, 0.15) is 6.54 Å². The molecule has 0 atom stereocenters. The van der Waals surface area contributed by atoms with E-state index in [1.165, 1.54) is 0 Å². The highest BCUT2D eigenvalue weighted by atomic mass is 16.2. The predicted octanol–water partition coefficient (Wildman–Crippen LogP) is 4.24. The maximum absolute atomic E-state index is 13.1. The fourth-order valence-corrected chi connectivity index (χ4v) is 3.51. The molecule has 2 heterocycles. The zero-order valence-electron chi connectivity index (χ0n) is 15.9. The summed E-state index contributed by atoms with van der Waals surface area (Å²) in [5.41, 5.74) is 4.39. The number of fused-ring (bicyclic) bond motifs is 2. The quantitative estimate of drug-likeness (QED) is 0.506. The van der Waals surface area contributed by atoms with Gasteiger partial charge in [0.2, 0.25) is 5.91 Å². The van der Waals surface area contributed by atoms with E-state index in [-0.39, 0.29) is 12.5 Å². The van der Waals surface area contributed by atoms with Crippen LogP contribution in [0.25, 0.3) is 33.7 Å². The van der Waals surface area contributed by atoms with Crippen LogP contribution in [0.15, 0.2) is 78.9 Å². The van der Waals surface area contributed by atoms with Crippen LogP contribution >= 0.6 is 0 Å². The fourth-order valence-electron chi connectivity index (χ4n) is 3.51. The Morgan fingerprint density at radius 3 is 2.38 bits per heavy atom. The van der Waals surface area contributed by atoms with Gasteiger partial charge in [-0.1, -0.05) is 42.5 Å². The standard InChI is InChI=1S/C23H19N5O/c1-27(16-9-3-2-4-10-16)21(29)15-28-20-14-8-7-13-19(20)26-23(28)22-24-17-11-5-6-12-18(17)25-22/h2-14H,15H2,1H3,(H,24,25). The second kappa shape index (κ2) is 6.91. The Morgan fingerprint density at radius 2 is 1.59 bits per heavy atom. The Kier molecular flexibility index (Phi) is 4.09. The van der Waals surface area contributed by atoms with E-state index < -0.39 is 0 Å². The Bertz CT molecular complexity index is 1290. The minimum Gasteiger partial charge on any atom is -0.335 e. The first-order valence-electron chi connectivity index (χ1n) is 9.43. The van der Waals surface area contributed by atoms with E-state index in [2.05, 4.69) is 9.97 Å². The van der Waals surface area contributed by atoms with Crippen LogP contribution in [0.2, 0.25) is 0 Å². The van der Waals surface area contributed by atoms with Crippen molar-refractivity contribution in [2.75, 3.05) is 11.9 Å². The summed E-state index contributed by atoms with van der Waals surface area (Å²) in [6.45, 7) is 0.165. The molecule has 0 aliphatic rings. The lowest BCUT2D eigenvalue weighted by atomic mass is 10.3. The molecule has 142 valence electrons. The van der Waals surface area contributed by atoms with Gasteiger partial charge in [0.15, 0.2) is 11.6 Å². The third-order valence-electron chi connectivity index (χ3n) is 5.07. The zero-order chi connectivity index (χ0) is 19.8. The van der Waals surface area contributed by atoms with E-state index in [0.29, 0.717) is 11.6 Å². The molecule has 0 saturated heterocycles. The average molecular weight is 381 g/mol. The molecule has 2 aromatic heterocycles. The molecule has 6 nitrogen and oxygen atoms in total. The summed E-state index contributed by atoms with van der Waals surface area (Å²) in [6.07, 6.45) is 0. The third kappa shape index (κ3) is 3.04. The molecule has 29 heavy (non-hydrogen) atoms. The molecule has 0 bridgehead atoms. The van der Waals surface area contributed by atoms with Crippen LogP contribution < -0.4 is 4.90 Å². The van der Waals surface area contributed by atoms with E-state index >= 15 is 0 Å². The number of hydrogen-bond donors (Lipinski definition) is 1. The molecule has 0 unspecified atom stereocenters. The highest BCUT2D eigenvalue weighted by Gasteiger charge is 2.20. The van der Waals surface area contributed by atoms with Gasteiger partial charge in [-0.15, -0.1) is 0 Å². The van der Waals surface area contributed by atoms with Crippen molar-refractivity contribution in [3.05, 3.63) is 78.9 Å². The molecule has 0 spiro atoms. The van der Waals surface area contributed by atoms with Crippen molar-refractivity contribution in [3.63, 3.8) is 0 Å². The number of benzene rings is 3. The molecule has 0 radical (unpaired) electrons. The number of anilines is 1. The maximum atomic E-state index is 13.1. The first-order valence-corrected chi connectivity index (χ1v) is 9.43. The molecular formula is C23H19N5O. The van der Waals surface area contributed by atoms with Crippen LogP contribution in [0.3, 0.4) is 0 Å². The van der Waals surface area contributed by atoms with Gasteiger partial charge in [-0.2, -0.15) is 0 Å². The normalized spacial score (nSPS) is 11.2. The third-order valence-corrected chi connectivity index (χ3v) is 5.07. The minimum atomic E-state index is -0.0308. The zero-order valence-corrected chi connectivity index (χ0v) is 15.9. The molecule has 5 aromatic rings. The van der Waals surface area contributed by atoms with E-state index in [9.17, 15) is 4.79 Å². The van der Waals surface area contributed by atoms with Gasteiger partial charge >= 0.3 is 0 Å². The van der Waals surface area contributed by atoms with Crippen molar-refractivity contribution in [1.82, 2.24) is 19.5 Å². The van der Waals surface area contributed by atoms with Gasteiger partial charge in [-0.3, -0.25) is 4.79 Å². The Balaban J connectivity index is 1.59. The number of carbonyl (C=O) groups is 1. The summed E-state index contributed by atoms with van der Waals surface area (Å²) in [7, 11) is 1.79. The number of likely N-dealkylation sites (N-methyl/N-ethyl adjacent to an activating group) is 1. The maximum Gasteiger partial charge on any atom is 0.246 e. The number of nitrogens with zero attached hydrogens (tertiary/aromatic N) is 4. The summed E-state index contributed by atoms with van der Waals surface area (Å²) in [5, 5.41) is 0. The van der Waals surface area contributed by atoms with Crippen molar-refractivity contribution in [3.8, 4) is 11.6 Å². The minimum absolute atomic E-state index is 0.0308. The van der Waals surface area contributed by atoms with Crippen molar-refractivity contribution in [2.24, 2.45) is 0 Å². The number of nitrogens with one attached hydrogen (secondary N) is 1. The predicted molar refractivity (Wildman–Crippen MR) is 115 cm³/mol. The number of carbonyl (C=O) groups excluding carboxylic acids is 1. The molecular weight excluding hydrogens is 362 g/mol. The van der Waals surface area contributed by atoms with Crippen LogP contribution in [0.5, 0.6) is 0 Å². The van der Waals surface area contributed by atoms with E-state index in [0.717, 1.165) is 27.8 Å². The average Bonchev–Trinajstić information content (AvgIpc) is 3.35. The molecule has 1 amide bonds. The number of H-pyrrole nitrogens is 1. The summed E-state index contributed by atoms with van der Waals surface area (Å²) < 4.78 is 1.93. The highest BCUT2D eigenvalue weighted by molar-refractivity contribution is 5.94. The van der Waals surface area contributed by atoms with Gasteiger partial charge in [0, 0.05) is 12.7 Å². The molecule has 0 aliphatic heterocycles. The first-order chi connectivity index (χ1) is 14.2. The van der Waals surface area contributed by atoms with Crippen LogP contribution in [-0.4, -0.2) is 32.5 Å². The Hall–Kier alpha value is -3.93. The highest BCUT2D eigenvalue weighted by Crippen LogP contribution is 2.25. The molecule has 5 rings (SSSR count). The van der Waals surface area contributed by atoms with E-state index in [1.54, 1.807) is 11.9 Å². The summed E-state index contributed by atoms with van der Waals surface area (Å²) in [6, 6.07) is 25.3. The largest absolute Gasteiger partial charge is 0.335 e. The first kappa shape index (κ1) is 17.2. The van der Waals surface area contributed by atoms with Gasteiger partial charge < -0.3 is 14.5 Å². The van der Waals surface area contributed by atoms with Crippen LogP contribution in [0.1, 0.15) is 0 Å². The number of hydrogen-bond acceptors (Lipinski definition) is 3. The monoisotopic (exact) mass is 381 g/mol. The van der Waals surface area contributed by atoms with Crippen LogP contribution in [-0.2, 0) is 11.3 Å². The smallest absolute Gasteiger partial charge is 0.246 e. The number of amides is 1. The summed E-state index contributed by atoms with van der Waals surface area (Å²) in [4.78, 5) is 27.5. The number of para-hydroxylation sites is 5. The van der Waals surface area contributed by atoms with Gasteiger partial charge in [0.05, 0.1) is 22.1 Å². The number of imidazole rings is 2. The molecule has 0 saturated carbocycles. The topological polar surface area (TPSA) is 66.8 Å².